The number of hydrogen-bond donors (Lipinski definition) is 4. The van der Waals surface area contributed by atoms with Crippen LogP contribution in [0.1, 0.15) is 18.4 Å². The monoisotopic (exact) mass is 379 g/mol. The van der Waals surface area contributed by atoms with Gasteiger partial charge < -0.3 is 16.3 Å². The third-order valence-corrected chi connectivity index (χ3v) is 3.78. The number of rotatable bonds is 9. The van der Waals surface area contributed by atoms with E-state index in [1.54, 1.807) is 0 Å². The van der Waals surface area contributed by atoms with Gasteiger partial charge in [0.25, 0.3) is 0 Å². The largest absolute Gasteiger partial charge is 0.392 e. The third kappa shape index (κ3) is 5.75. The second-order valence-corrected chi connectivity index (χ2v) is 6.18. The highest BCUT2D eigenvalue weighted by atomic mass is 35.5. The molecule has 0 heterocycles. The molecular weight excluding hydrogens is 361 g/mol. The van der Waals surface area contributed by atoms with E-state index in [1.807, 2.05) is 0 Å². The fourth-order valence-corrected chi connectivity index (χ4v) is 2.23. The summed E-state index contributed by atoms with van der Waals surface area (Å²) in [4.78, 5) is 16.8. The van der Waals surface area contributed by atoms with Crippen molar-refractivity contribution in [2.75, 3.05) is 11.9 Å². The van der Waals surface area contributed by atoms with E-state index in [0.717, 1.165) is 25.0 Å². The fraction of sp³-hybridized carbons (Fsp3) is 0.294. The topological polar surface area (TPSA) is 124 Å². The number of aliphatic imine (C=N–C) groups is 1. The zero-order valence-electron chi connectivity index (χ0n) is 13.9. The summed E-state index contributed by atoms with van der Waals surface area (Å²) in [5.41, 5.74) is 0.305. The van der Waals surface area contributed by atoms with Gasteiger partial charge in [-0.1, -0.05) is 11.6 Å². The summed E-state index contributed by atoms with van der Waals surface area (Å²) in [6.07, 6.45) is 4.59. The third-order valence-electron chi connectivity index (χ3n) is 3.67. The Labute approximate surface area is 155 Å². The van der Waals surface area contributed by atoms with Crippen molar-refractivity contribution in [1.29, 1.82) is 5.41 Å². The van der Waals surface area contributed by atoms with Crippen molar-refractivity contribution in [2.24, 2.45) is 21.9 Å². The molecule has 5 N–H and O–H groups in total. The Morgan fingerprint density at radius 3 is 2.81 bits per heavy atom. The highest BCUT2D eigenvalue weighted by molar-refractivity contribution is 6.69. The molecule has 0 spiro atoms. The first kappa shape index (κ1) is 19.7. The molecule has 1 fully saturated rings. The number of nitrogens with one attached hydrogen (secondary N) is 2. The lowest BCUT2D eigenvalue weighted by Crippen LogP contribution is -2.24. The van der Waals surface area contributed by atoms with Crippen LogP contribution in [0.15, 0.2) is 40.1 Å². The summed E-state index contributed by atoms with van der Waals surface area (Å²) in [5, 5.41) is 22.5. The van der Waals surface area contributed by atoms with Gasteiger partial charge in [0.15, 0.2) is 0 Å². The van der Waals surface area contributed by atoms with E-state index in [1.165, 1.54) is 18.3 Å². The molecule has 0 bridgehead atoms. The highest BCUT2D eigenvalue weighted by Crippen LogP contribution is 2.28. The number of allylic oxidation sites excluding steroid dienone is 2. The van der Waals surface area contributed by atoms with Gasteiger partial charge in [-0.15, -0.1) is 0 Å². The Balaban J connectivity index is 2.24. The first-order valence-electron chi connectivity index (χ1n) is 7.89. The van der Waals surface area contributed by atoms with Gasteiger partial charge >= 0.3 is 0 Å². The van der Waals surface area contributed by atoms with E-state index in [9.17, 15) is 14.3 Å². The maximum atomic E-state index is 13.3. The summed E-state index contributed by atoms with van der Waals surface area (Å²) in [6, 6.07) is 3.66. The zero-order valence-corrected chi connectivity index (χ0v) is 14.6. The standard InChI is InChI=1S/C17H19ClFN5O2/c18-16(20)6-14(23-13-4-3-12(19)5-11(13)9-25)17(26)15(24-21)8-22-7-10-1-2-10/h3-6,8,10,20,23,25H,1-2,7,9,21H2/b14-6-,20-16?,22-8?,24-15?. The molecular formula is C17H19ClFN5O2. The fourth-order valence-electron chi connectivity index (χ4n) is 2.12. The van der Waals surface area contributed by atoms with Gasteiger partial charge in [0.1, 0.15) is 16.7 Å². The van der Waals surface area contributed by atoms with Crippen LogP contribution >= 0.6 is 11.6 Å². The molecule has 0 unspecified atom stereocenters. The van der Waals surface area contributed by atoms with Crippen molar-refractivity contribution < 1.29 is 14.3 Å². The number of ketones is 1. The predicted octanol–water partition coefficient (Wildman–Crippen LogP) is 2.19. The normalized spacial score (nSPS) is 15.3. The van der Waals surface area contributed by atoms with Crippen LogP contribution in [0.4, 0.5) is 10.1 Å². The lowest BCUT2D eigenvalue weighted by atomic mass is 10.1. The second-order valence-electron chi connectivity index (χ2n) is 5.77. The molecule has 1 aromatic carbocycles. The molecule has 9 heteroatoms. The molecule has 0 radical (unpaired) electrons. The van der Waals surface area contributed by atoms with Crippen LogP contribution in [-0.2, 0) is 11.4 Å². The number of aliphatic hydroxyl groups is 1. The number of halogens is 2. The van der Waals surface area contributed by atoms with Crippen molar-refractivity contribution in [3.05, 3.63) is 41.4 Å². The number of nitrogens with zero attached hydrogens (tertiary/aromatic N) is 2. The van der Waals surface area contributed by atoms with Crippen molar-refractivity contribution in [3.8, 4) is 0 Å². The number of aliphatic hydroxyl groups excluding tert-OH is 1. The van der Waals surface area contributed by atoms with Crippen LogP contribution in [0, 0.1) is 17.1 Å². The van der Waals surface area contributed by atoms with Gasteiger partial charge in [-0.2, -0.15) is 5.10 Å². The highest BCUT2D eigenvalue weighted by Gasteiger charge is 2.21. The molecule has 1 aliphatic rings. The predicted molar refractivity (Wildman–Crippen MR) is 100 cm³/mol. The van der Waals surface area contributed by atoms with Crippen LogP contribution in [-0.4, -0.2) is 34.5 Å². The molecule has 0 amide bonds. The summed E-state index contributed by atoms with van der Waals surface area (Å²) in [7, 11) is 0. The molecule has 2 rings (SSSR count). The molecule has 7 nitrogen and oxygen atoms in total. The number of anilines is 1. The van der Waals surface area contributed by atoms with Gasteiger partial charge in [0, 0.05) is 23.9 Å². The number of carbonyl (C=O) groups is 1. The Bertz CT molecular complexity index is 787. The van der Waals surface area contributed by atoms with Crippen LogP contribution < -0.4 is 11.2 Å². The molecule has 0 saturated heterocycles. The SMILES string of the molecule is N=C(Cl)/C=C(\Nc1ccc(F)cc1CO)C(=O)C(C=NCC1CC1)=NN. The molecule has 0 aliphatic heterocycles. The minimum atomic E-state index is -0.634. The molecule has 0 aromatic heterocycles. The number of Topliss-reactive ketones (excluding diaryl/α,β-unsaturated/α-hetero) is 1. The lowest BCUT2D eigenvalue weighted by molar-refractivity contribution is -0.109. The number of hydrazone groups is 1. The van der Waals surface area contributed by atoms with Crippen molar-refractivity contribution in [3.63, 3.8) is 0 Å². The summed E-state index contributed by atoms with van der Waals surface area (Å²) in [5.74, 6) is 4.66. The lowest BCUT2D eigenvalue weighted by Gasteiger charge is -2.13. The van der Waals surface area contributed by atoms with Crippen LogP contribution in [0.5, 0.6) is 0 Å². The Morgan fingerprint density at radius 1 is 1.50 bits per heavy atom. The maximum Gasteiger partial charge on any atom is 0.230 e. The van der Waals surface area contributed by atoms with E-state index in [0.29, 0.717) is 12.5 Å². The van der Waals surface area contributed by atoms with Gasteiger partial charge in [0.2, 0.25) is 5.78 Å². The summed E-state index contributed by atoms with van der Waals surface area (Å²) >= 11 is 5.58. The Morgan fingerprint density at radius 2 is 2.23 bits per heavy atom. The van der Waals surface area contributed by atoms with Crippen LogP contribution in [0.2, 0.25) is 0 Å². The van der Waals surface area contributed by atoms with Crippen molar-refractivity contribution >= 4 is 40.2 Å². The average molecular weight is 380 g/mol. The minimum Gasteiger partial charge on any atom is -0.392 e. The summed E-state index contributed by atoms with van der Waals surface area (Å²) in [6.45, 7) is 0.150. The molecule has 26 heavy (non-hydrogen) atoms. The molecule has 138 valence electrons. The minimum absolute atomic E-state index is 0.103. The maximum absolute atomic E-state index is 13.3. The average Bonchev–Trinajstić information content (AvgIpc) is 3.43. The van der Waals surface area contributed by atoms with E-state index in [2.05, 4.69) is 15.4 Å². The van der Waals surface area contributed by atoms with Crippen LogP contribution in [0.25, 0.3) is 0 Å². The van der Waals surface area contributed by atoms with E-state index >= 15 is 0 Å². The van der Waals surface area contributed by atoms with Gasteiger partial charge in [-0.05, 0) is 37.0 Å². The second kappa shape index (κ2) is 9.21. The van der Waals surface area contributed by atoms with Gasteiger partial charge in [0.05, 0.1) is 18.5 Å². The molecule has 1 aliphatic carbocycles. The van der Waals surface area contributed by atoms with Gasteiger partial charge in [-0.25, -0.2) is 4.39 Å². The molecule has 1 saturated carbocycles. The smallest absolute Gasteiger partial charge is 0.230 e. The first-order chi connectivity index (χ1) is 12.4. The van der Waals surface area contributed by atoms with E-state index < -0.39 is 23.4 Å². The number of hydrogen-bond acceptors (Lipinski definition) is 7. The van der Waals surface area contributed by atoms with Crippen molar-refractivity contribution in [1.82, 2.24) is 0 Å². The zero-order chi connectivity index (χ0) is 19.1. The molecule has 1 aromatic rings. The number of nitrogens with two attached hydrogens (primary N) is 1. The Kier molecular flexibility index (Phi) is 6.99. The van der Waals surface area contributed by atoms with Crippen molar-refractivity contribution in [2.45, 2.75) is 19.4 Å². The first-order valence-corrected chi connectivity index (χ1v) is 8.26. The van der Waals surface area contributed by atoms with Crippen LogP contribution in [0.3, 0.4) is 0 Å². The molecule has 0 atom stereocenters. The van der Waals surface area contributed by atoms with E-state index in [4.69, 9.17) is 22.9 Å². The van der Waals surface area contributed by atoms with Gasteiger partial charge in [-0.3, -0.25) is 15.2 Å². The number of benzene rings is 1. The Hall–Kier alpha value is -2.58. The quantitative estimate of drug-likeness (QED) is 0.227. The van der Waals surface area contributed by atoms with E-state index in [-0.39, 0.29) is 22.7 Å². The summed E-state index contributed by atoms with van der Waals surface area (Å²) < 4.78 is 13.3. The number of carbonyl (C=O) groups excluding carboxylic acids is 1.